The summed E-state index contributed by atoms with van der Waals surface area (Å²) in [7, 11) is 1.87. The molecular formula is C11H12N6OS. The van der Waals surface area contributed by atoms with E-state index in [0.29, 0.717) is 24.8 Å². The van der Waals surface area contributed by atoms with Gasteiger partial charge in [-0.3, -0.25) is 0 Å². The molecule has 3 rings (SSSR count). The first-order chi connectivity index (χ1) is 9.35. The Labute approximate surface area is 113 Å². The van der Waals surface area contributed by atoms with Crippen molar-refractivity contribution in [2.45, 2.75) is 13.1 Å². The van der Waals surface area contributed by atoms with Gasteiger partial charge in [-0.2, -0.15) is 16.3 Å². The van der Waals surface area contributed by atoms with E-state index in [1.165, 1.54) is 0 Å². The van der Waals surface area contributed by atoms with Gasteiger partial charge in [-0.05, 0) is 18.5 Å². The molecule has 7 nitrogen and oxygen atoms in total. The molecule has 3 aromatic rings. The number of aromatic nitrogens is 5. The van der Waals surface area contributed by atoms with Gasteiger partial charge in [0, 0.05) is 17.5 Å². The lowest BCUT2D eigenvalue weighted by atomic mass is 10.3. The van der Waals surface area contributed by atoms with E-state index in [4.69, 9.17) is 4.52 Å². The third-order valence-corrected chi connectivity index (χ3v) is 3.17. The van der Waals surface area contributed by atoms with E-state index >= 15 is 0 Å². The number of hydrogen-bond acceptors (Lipinski definition) is 7. The molecule has 0 aliphatic heterocycles. The summed E-state index contributed by atoms with van der Waals surface area (Å²) in [5, 5.41) is 18.9. The minimum atomic E-state index is 0.424. The molecule has 0 saturated carbocycles. The third kappa shape index (κ3) is 2.69. The normalized spacial score (nSPS) is 11.0. The summed E-state index contributed by atoms with van der Waals surface area (Å²) >= 11 is 1.60. The molecule has 8 heteroatoms. The molecular weight excluding hydrogens is 264 g/mol. The van der Waals surface area contributed by atoms with E-state index < -0.39 is 0 Å². The largest absolute Gasteiger partial charge is 0.337 e. The van der Waals surface area contributed by atoms with Crippen molar-refractivity contribution in [2.24, 2.45) is 0 Å². The SMILES string of the molecule is CNCc1cn(Cc2nc(-c3ccsc3)no2)nn1. The van der Waals surface area contributed by atoms with Crippen molar-refractivity contribution >= 4 is 11.3 Å². The average molecular weight is 276 g/mol. The van der Waals surface area contributed by atoms with Crippen molar-refractivity contribution in [3.05, 3.63) is 34.6 Å². The topological polar surface area (TPSA) is 81.7 Å². The van der Waals surface area contributed by atoms with Crippen molar-refractivity contribution in [3.63, 3.8) is 0 Å². The Hall–Kier alpha value is -2.06. The zero-order chi connectivity index (χ0) is 13.1. The van der Waals surface area contributed by atoms with Gasteiger partial charge >= 0.3 is 0 Å². The van der Waals surface area contributed by atoms with Crippen molar-refractivity contribution in [1.82, 2.24) is 30.5 Å². The molecule has 0 amide bonds. The standard InChI is InChI=1S/C11H12N6OS/c1-12-4-9-5-17(16-14-9)6-10-13-11(15-18-10)8-2-3-19-7-8/h2-3,5,7,12H,4,6H2,1H3. The third-order valence-electron chi connectivity index (χ3n) is 2.49. The van der Waals surface area contributed by atoms with Gasteiger partial charge in [0.15, 0.2) is 0 Å². The van der Waals surface area contributed by atoms with Gasteiger partial charge in [-0.25, -0.2) is 4.68 Å². The highest BCUT2D eigenvalue weighted by Crippen LogP contribution is 2.18. The number of nitrogens with zero attached hydrogens (tertiary/aromatic N) is 5. The van der Waals surface area contributed by atoms with E-state index in [1.807, 2.05) is 30.1 Å². The van der Waals surface area contributed by atoms with Gasteiger partial charge in [-0.15, -0.1) is 5.10 Å². The van der Waals surface area contributed by atoms with Gasteiger partial charge < -0.3 is 9.84 Å². The van der Waals surface area contributed by atoms with E-state index in [0.717, 1.165) is 11.3 Å². The van der Waals surface area contributed by atoms with Gasteiger partial charge in [0.25, 0.3) is 0 Å². The Bertz CT molecular complexity index is 644. The molecule has 0 saturated heterocycles. The first-order valence-electron chi connectivity index (χ1n) is 5.74. The van der Waals surface area contributed by atoms with Gasteiger partial charge in [-0.1, -0.05) is 10.4 Å². The van der Waals surface area contributed by atoms with Crippen LogP contribution in [0.3, 0.4) is 0 Å². The Balaban J connectivity index is 1.72. The van der Waals surface area contributed by atoms with Gasteiger partial charge in [0.05, 0.1) is 11.9 Å². The smallest absolute Gasteiger partial charge is 0.248 e. The maximum absolute atomic E-state index is 5.20. The molecule has 1 N–H and O–H groups in total. The number of nitrogens with one attached hydrogen (secondary N) is 1. The molecule has 0 aromatic carbocycles. The van der Waals surface area contributed by atoms with Crippen molar-refractivity contribution < 1.29 is 4.52 Å². The van der Waals surface area contributed by atoms with Crippen molar-refractivity contribution in [1.29, 1.82) is 0 Å². The predicted molar refractivity (Wildman–Crippen MR) is 69.5 cm³/mol. The highest BCUT2D eigenvalue weighted by molar-refractivity contribution is 7.08. The lowest BCUT2D eigenvalue weighted by molar-refractivity contribution is 0.364. The zero-order valence-corrected chi connectivity index (χ0v) is 11.1. The molecule has 0 aliphatic rings. The first-order valence-corrected chi connectivity index (χ1v) is 6.68. The summed E-state index contributed by atoms with van der Waals surface area (Å²) in [6, 6.07) is 1.96. The minimum absolute atomic E-state index is 0.424. The highest BCUT2D eigenvalue weighted by Gasteiger charge is 2.10. The lowest BCUT2D eigenvalue weighted by Gasteiger charge is -1.92. The highest BCUT2D eigenvalue weighted by atomic mass is 32.1. The lowest BCUT2D eigenvalue weighted by Crippen LogP contribution is -2.05. The first kappa shape index (κ1) is 12.0. The zero-order valence-electron chi connectivity index (χ0n) is 10.3. The van der Waals surface area contributed by atoms with Crippen LogP contribution in [0.2, 0.25) is 0 Å². The number of rotatable bonds is 5. The molecule has 0 atom stereocenters. The van der Waals surface area contributed by atoms with Gasteiger partial charge in [0.2, 0.25) is 11.7 Å². The molecule has 0 spiro atoms. The van der Waals surface area contributed by atoms with Crippen LogP contribution in [-0.4, -0.2) is 32.2 Å². The summed E-state index contributed by atoms with van der Waals surface area (Å²) in [5.41, 5.74) is 1.84. The monoisotopic (exact) mass is 276 g/mol. The Morgan fingerprint density at radius 2 is 2.42 bits per heavy atom. The van der Waals surface area contributed by atoms with Gasteiger partial charge in [0.1, 0.15) is 6.54 Å². The molecule has 19 heavy (non-hydrogen) atoms. The van der Waals surface area contributed by atoms with E-state index in [2.05, 4.69) is 25.8 Å². The maximum atomic E-state index is 5.20. The average Bonchev–Trinajstić information content (AvgIpc) is 3.10. The van der Waals surface area contributed by atoms with Crippen LogP contribution in [-0.2, 0) is 13.1 Å². The molecule has 3 aromatic heterocycles. The number of hydrogen-bond donors (Lipinski definition) is 1. The maximum Gasteiger partial charge on any atom is 0.248 e. The van der Waals surface area contributed by atoms with E-state index in [-0.39, 0.29) is 0 Å². The fraction of sp³-hybridized carbons (Fsp3) is 0.273. The van der Waals surface area contributed by atoms with Crippen LogP contribution in [0.5, 0.6) is 0 Å². The fourth-order valence-electron chi connectivity index (χ4n) is 1.64. The summed E-state index contributed by atoms with van der Waals surface area (Å²) < 4.78 is 6.88. The second-order valence-electron chi connectivity index (χ2n) is 3.96. The molecule has 0 unspecified atom stereocenters. The summed E-state index contributed by atoms with van der Waals surface area (Å²) in [6.07, 6.45) is 1.85. The van der Waals surface area contributed by atoms with Crippen LogP contribution < -0.4 is 5.32 Å². The Kier molecular flexibility index (Phi) is 3.34. The molecule has 3 heterocycles. The van der Waals surface area contributed by atoms with Crippen molar-refractivity contribution in [2.75, 3.05) is 7.05 Å². The van der Waals surface area contributed by atoms with Crippen LogP contribution >= 0.6 is 11.3 Å². The Morgan fingerprint density at radius 1 is 1.47 bits per heavy atom. The van der Waals surface area contributed by atoms with Crippen LogP contribution in [0.4, 0.5) is 0 Å². The van der Waals surface area contributed by atoms with E-state index in [9.17, 15) is 0 Å². The summed E-state index contributed by atoms with van der Waals surface area (Å²) in [4.78, 5) is 4.33. The molecule has 0 radical (unpaired) electrons. The summed E-state index contributed by atoms with van der Waals surface area (Å²) in [6.45, 7) is 1.11. The Morgan fingerprint density at radius 3 is 3.21 bits per heavy atom. The molecule has 0 fully saturated rings. The second-order valence-corrected chi connectivity index (χ2v) is 4.74. The summed E-state index contributed by atoms with van der Waals surface area (Å²) in [5.74, 6) is 1.12. The predicted octanol–water partition coefficient (Wildman–Crippen LogP) is 1.16. The number of thiophene rings is 1. The molecule has 98 valence electrons. The second kappa shape index (κ2) is 5.29. The van der Waals surface area contributed by atoms with Crippen molar-refractivity contribution in [3.8, 4) is 11.4 Å². The van der Waals surface area contributed by atoms with Crippen LogP contribution in [0.1, 0.15) is 11.6 Å². The van der Waals surface area contributed by atoms with Crippen LogP contribution in [0.15, 0.2) is 27.5 Å². The minimum Gasteiger partial charge on any atom is -0.337 e. The van der Waals surface area contributed by atoms with Crippen LogP contribution in [0, 0.1) is 0 Å². The molecule has 0 aliphatic carbocycles. The fourth-order valence-corrected chi connectivity index (χ4v) is 2.28. The molecule has 0 bridgehead atoms. The van der Waals surface area contributed by atoms with E-state index in [1.54, 1.807) is 16.0 Å². The quantitative estimate of drug-likeness (QED) is 0.753. The van der Waals surface area contributed by atoms with Crippen LogP contribution in [0.25, 0.3) is 11.4 Å².